The maximum atomic E-state index is 13.6. The molecule has 0 amide bonds. The quantitative estimate of drug-likeness (QED) is 0.397. The largest absolute Gasteiger partial charge is 0.490 e. The fourth-order valence-electron chi connectivity index (χ4n) is 4.14. The Morgan fingerprint density at radius 2 is 1.88 bits per heavy atom. The molecule has 1 saturated heterocycles. The minimum absolute atomic E-state index is 0.214. The van der Waals surface area contributed by atoms with Gasteiger partial charge in [0.15, 0.2) is 5.16 Å². The van der Waals surface area contributed by atoms with Crippen molar-refractivity contribution in [3.8, 4) is 11.4 Å². The van der Waals surface area contributed by atoms with Gasteiger partial charge in [0.25, 0.3) is 0 Å². The van der Waals surface area contributed by atoms with E-state index in [-0.39, 0.29) is 11.9 Å². The molecule has 0 atom stereocenters. The van der Waals surface area contributed by atoms with E-state index >= 15 is 0 Å². The van der Waals surface area contributed by atoms with Crippen molar-refractivity contribution in [2.24, 2.45) is 0 Å². The van der Waals surface area contributed by atoms with Crippen LogP contribution < -0.4 is 4.74 Å². The van der Waals surface area contributed by atoms with Crippen LogP contribution >= 0.6 is 11.8 Å². The SMILES string of the molecule is CSc1nc2cc(F)ccc2n1-c1ccc(OC2CCN(Cc3ccnnc3)CC2)cc1. The molecule has 2 aromatic heterocycles. The zero-order valence-corrected chi connectivity index (χ0v) is 18.6. The zero-order valence-electron chi connectivity index (χ0n) is 17.8. The van der Waals surface area contributed by atoms with Gasteiger partial charge in [-0.15, -0.1) is 0 Å². The number of ether oxygens (including phenoxy) is 1. The molecule has 0 unspecified atom stereocenters. The number of hydrogen-bond acceptors (Lipinski definition) is 6. The first-order chi connectivity index (χ1) is 15.7. The van der Waals surface area contributed by atoms with Crippen LogP contribution in [0.2, 0.25) is 0 Å². The first-order valence-corrected chi connectivity index (χ1v) is 11.9. The highest BCUT2D eigenvalue weighted by atomic mass is 32.2. The molecule has 164 valence electrons. The smallest absolute Gasteiger partial charge is 0.173 e. The molecule has 0 spiro atoms. The summed E-state index contributed by atoms with van der Waals surface area (Å²) >= 11 is 1.54. The molecule has 0 bridgehead atoms. The number of aromatic nitrogens is 4. The fraction of sp³-hybridized carbons (Fsp3) is 0.292. The molecular formula is C24H24FN5OS. The lowest BCUT2D eigenvalue weighted by Gasteiger charge is -2.32. The Morgan fingerprint density at radius 1 is 1.06 bits per heavy atom. The Morgan fingerprint density at radius 3 is 2.59 bits per heavy atom. The number of halogens is 1. The predicted molar refractivity (Wildman–Crippen MR) is 124 cm³/mol. The van der Waals surface area contributed by atoms with Crippen LogP contribution in [0.15, 0.2) is 66.1 Å². The lowest BCUT2D eigenvalue weighted by molar-refractivity contribution is 0.0967. The van der Waals surface area contributed by atoms with Gasteiger partial charge in [-0.1, -0.05) is 11.8 Å². The lowest BCUT2D eigenvalue weighted by Crippen LogP contribution is -2.37. The Labute approximate surface area is 190 Å². The van der Waals surface area contributed by atoms with E-state index in [0.29, 0.717) is 5.52 Å². The Hall–Kier alpha value is -2.97. The van der Waals surface area contributed by atoms with E-state index in [4.69, 9.17) is 4.74 Å². The van der Waals surface area contributed by atoms with Gasteiger partial charge in [-0.05, 0) is 67.1 Å². The van der Waals surface area contributed by atoms with Crippen LogP contribution in [0.25, 0.3) is 16.7 Å². The van der Waals surface area contributed by atoms with Crippen LogP contribution in [0.5, 0.6) is 5.75 Å². The molecule has 1 aliphatic rings. The first kappa shape index (κ1) is 20.9. The van der Waals surface area contributed by atoms with Gasteiger partial charge in [-0.3, -0.25) is 9.47 Å². The molecule has 0 radical (unpaired) electrons. The van der Waals surface area contributed by atoms with Crippen molar-refractivity contribution < 1.29 is 9.13 Å². The van der Waals surface area contributed by atoms with Gasteiger partial charge in [0.2, 0.25) is 0 Å². The first-order valence-electron chi connectivity index (χ1n) is 10.7. The summed E-state index contributed by atoms with van der Waals surface area (Å²) in [7, 11) is 0. The number of imidazole rings is 1. The van der Waals surface area contributed by atoms with Crippen molar-refractivity contribution in [1.82, 2.24) is 24.6 Å². The minimum atomic E-state index is -0.276. The average molecular weight is 450 g/mol. The van der Waals surface area contributed by atoms with Crippen LogP contribution in [0.1, 0.15) is 18.4 Å². The standard InChI is InChI=1S/C24H24FN5OS/c1-32-24-28-22-14-18(25)2-7-23(22)30(24)19-3-5-20(6-4-19)31-21-9-12-29(13-10-21)16-17-8-11-26-27-15-17/h2-8,11,14-15,21H,9-10,12-13,16H2,1H3. The van der Waals surface area contributed by atoms with Gasteiger partial charge in [-0.25, -0.2) is 9.37 Å². The van der Waals surface area contributed by atoms with Gasteiger partial charge >= 0.3 is 0 Å². The average Bonchev–Trinajstić information content (AvgIpc) is 3.19. The van der Waals surface area contributed by atoms with Gasteiger partial charge < -0.3 is 4.74 Å². The molecule has 4 aromatic rings. The topological polar surface area (TPSA) is 56.1 Å². The summed E-state index contributed by atoms with van der Waals surface area (Å²) in [5, 5.41) is 8.62. The number of nitrogens with zero attached hydrogens (tertiary/aromatic N) is 5. The zero-order chi connectivity index (χ0) is 21.9. The van der Waals surface area contributed by atoms with Gasteiger partial charge in [0, 0.05) is 37.6 Å². The summed E-state index contributed by atoms with van der Waals surface area (Å²) < 4.78 is 21.9. The number of likely N-dealkylation sites (tertiary alicyclic amines) is 1. The fourth-order valence-corrected chi connectivity index (χ4v) is 4.72. The molecule has 8 heteroatoms. The van der Waals surface area contributed by atoms with Crippen molar-refractivity contribution >= 4 is 22.8 Å². The molecule has 3 heterocycles. The molecule has 1 fully saturated rings. The van der Waals surface area contributed by atoms with Gasteiger partial charge in [0.1, 0.15) is 17.7 Å². The third-order valence-corrected chi connectivity index (χ3v) is 6.39. The van der Waals surface area contributed by atoms with Crippen molar-refractivity contribution in [3.05, 3.63) is 72.3 Å². The number of thioether (sulfide) groups is 1. The second kappa shape index (κ2) is 9.26. The molecule has 2 aromatic carbocycles. The van der Waals surface area contributed by atoms with Crippen LogP contribution in [0, 0.1) is 5.82 Å². The number of benzene rings is 2. The predicted octanol–water partition coefficient (Wildman–Crippen LogP) is 4.72. The minimum Gasteiger partial charge on any atom is -0.490 e. The summed E-state index contributed by atoms with van der Waals surface area (Å²) in [5.41, 5.74) is 3.72. The molecule has 0 saturated carbocycles. The van der Waals surface area contributed by atoms with E-state index in [0.717, 1.165) is 54.6 Å². The Bertz CT molecular complexity index is 1190. The van der Waals surface area contributed by atoms with Crippen molar-refractivity contribution in [1.29, 1.82) is 0 Å². The molecule has 0 N–H and O–H groups in total. The van der Waals surface area contributed by atoms with Gasteiger partial charge in [-0.2, -0.15) is 10.2 Å². The van der Waals surface area contributed by atoms with Crippen LogP contribution in [-0.4, -0.2) is 50.1 Å². The van der Waals surface area contributed by atoms with E-state index in [1.165, 1.54) is 17.7 Å². The molecule has 6 nitrogen and oxygen atoms in total. The summed E-state index contributed by atoms with van der Waals surface area (Å²) in [6, 6.07) is 14.8. The summed E-state index contributed by atoms with van der Waals surface area (Å²) in [5.74, 6) is 0.591. The third-order valence-electron chi connectivity index (χ3n) is 5.75. The van der Waals surface area contributed by atoms with Crippen LogP contribution in [0.3, 0.4) is 0 Å². The molecule has 32 heavy (non-hydrogen) atoms. The summed E-state index contributed by atoms with van der Waals surface area (Å²) in [4.78, 5) is 6.99. The number of fused-ring (bicyclic) bond motifs is 1. The Balaban J connectivity index is 1.24. The van der Waals surface area contributed by atoms with E-state index in [9.17, 15) is 4.39 Å². The summed E-state index contributed by atoms with van der Waals surface area (Å²) in [6.45, 7) is 2.90. The highest BCUT2D eigenvalue weighted by Gasteiger charge is 2.21. The number of piperidine rings is 1. The van der Waals surface area contributed by atoms with E-state index in [2.05, 4.69) is 24.6 Å². The van der Waals surface area contributed by atoms with E-state index in [1.807, 2.05) is 42.8 Å². The second-order valence-electron chi connectivity index (χ2n) is 7.90. The third kappa shape index (κ3) is 4.47. The molecular weight excluding hydrogens is 425 g/mol. The molecule has 0 aliphatic carbocycles. The Kier molecular flexibility index (Phi) is 6.05. The second-order valence-corrected chi connectivity index (χ2v) is 8.68. The van der Waals surface area contributed by atoms with Crippen molar-refractivity contribution in [2.45, 2.75) is 30.6 Å². The van der Waals surface area contributed by atoms with Crippen LogP contribution in [0.4, 0.5) is 4.39 Å². The number of rotatable bonds is 6. The summed E-state index contributed by atoms with van der Waals surface area (Å²) in [6.07, 6.45) is 7.74. The van der Waals surface area contributed by atoms with Crippen LogP contribution in [-0.2, 0) is 6.54 Å². The highest BCUT2D eigenvalue weighted by molar-refractivity contribution is 7.98. The molecule has 1 aliphatic heterocycles. The lowest BCUT2D eigenvalue weighted by atomic mass is 10.1. The monoisotopic (exact) mass is 449 g/mol. The highest BCUT2D eigenvalue weighted by Crippen LogP contribution is 2.29. The van der Waals surface area contributed by atoms with Crippen molar-refractivity contribution in [3.63, 3.8) is 0 Å². The molecule has 5 rings (SSSR count). The van der Waals surface area contributed by atoms with E-state index < -0.39 is 0 Å². The van der Waals surface area contributed by atoms with Gasteiger partial charge in [0.05, 0.1) is 17.2 Å². The maximum Gasteiger partial charge on any atom is 0.173 e. The van der Waals surface area contributed by atoms with Crippen molar-refractivity contribution in [2.75, 3.05) is 19.3 Å². The number of hydrogen-bond donors (Lipinski definition) is 0. The maximum absolute atomic E-state index is 13.6. The van der Waals surface area contributed by atoms with E-state index in [1.54, 1.807) is 24.0 Å². The normalized spacial score (nSPS) is 15.3.